The largest absolute Gasteiger partial charge is 0.490 e. The second-order valence-electron chi connectivity index (χ2n) is 7.45. The highest BCUT2D eigenvalue weighted by molar-refractivity contribution is 7.89. The second kappa shape index (κ2) is 7.05. The van der Waals surface area contributed by atoms with Crippen LogP contribution in [0.25, 0.3) is 0 Å². The van der Waals surface area contributed by atoms with E-state index in [1.807, 2.05) is 6.92 Å². The molecule has 0 unspecified atom stereocenters. The minimum atomic E-state index is -3.69. The minimum absolute atomic E-state index is 0.135. The monoisotopic (exact) mass is 395 g/mol. The topological polar surface area (TPSA) is 88.2 Å². The van der Waals surface area contributed by atoms with Gasteiger partial charge >= 0.3 is 0 Å². The van der Waals surface area contributed by atoms with Crippen molar-refractivity contribution in [3.63, 3.8) is 0 Å². The summed E-state index contributed by atoms with van der Waals surface area (Å²) in [7, 11) is -3.69. The molecule has 0 radical (unpaired) electrons. The second-order valence-corrected chi connectivity index (χ2v) is 9.17. The van der Waals surface area contributed by atoms with Gasteiger partial charge in [0.2, 0.25) is 15.9 Å². The first kappa shape index (κ1) is 18.7. The van der Waals surface area contributed by atoms with Gasteiger partial charge in [-0.05, 0) is 31.5 Å². The summed E-state index contributed by atoms with van der Waals surface area (Å²) in [6.45, 7) is 6.46. The van der Waals surface area contributed by atoms with Crippen molar-refractivity contribution in [2.75, 3.05) is 37.7 Å². The number of benzene rings is 1. The number of anilines is 1. The number of nitrogens with zero attached hydrogens (tertiary/aromatic N) is 2. The molecule has 0 saturated carbocycles. The van der Waals surface area contributed by atoms with Gasteiger partial charge in [-0.2, -0.15) is 0 Å². The molecule has 148 valence electrons. The van der Waals surface area contributed by atoms with Crippen LogP contribution in [-0.2, 0) is 19.6 Å². The van der Waals surface area contributed by atoms with E-state index in [-0.39, 0.29) is 29.0 Å². The van der Waals surface area contributed by atoms with Gasteiger partial charge in [0.15, 0.2) is 0 Å². The van der Waals surface area contributed by atoms with E-state index in [2.05, 4.69) is 9.62 Å². The summed E-state index contributed by atoms with van der Waals surface area (Å²) >= 11 is 0. The van der Waals surface area contributed by atoms with E-state index in [0.29, 0.717) is 37.7 Å². The fourth-order valence-corrected chi connectivity index (χ4v) is 5.36. The third-order valence-electron chi connectivity index (χ3n) is 5.40. The number of nitrogens with one attached hydrogen (secondary N) is 1. The highest BCUT2D eigenvalue weighted by Crippen LogP contribution is 2.34. The molecule has 27 heavy (non-hydrogen) atoms. The standard InChI is InChI=1S/C18H25N3O5S/c1-12-9-20-10-14(7-15(20)11-26-12)19-27(23,24)16-3-4-18-17(8-16)21(13(2)22)5-6-25-18/h3-4,8,12,14-15,19H,5-7,9-11H2,1-2H3/t12-,14-,15-/m0/s1. The number of carbonyl (C=O) groups is 1. The number of morpholine rings is 1. The van der Waals surface area contributed by atoms with Gasteiger partial charge in [0.05, 0.1) is 29.8 Å². The first-order valence-corrected chi connectivity index (χ1v) is 10.7. The van der Waals surface area contributed by atoms with Crippen LogP contribution < -0.4 is 14.4 Å². The molecule has 1 aromatic rings. The molecule has 2 fully saturated rings. The molecular formula is C18H25N3O5S. The van der Waals surface area contributed by atoms with Crippen LogP contribution in [0.2, 0.25) is 0 Å². The summed E-state index contributed by atoms with van der Waals surface area (Å²) in [5.41, 5.74) is 0.502. The first-order valence-electron chi connectivity index (χ1n) is 9.26. The number of carbonyl (C=O) groups excluding carboxylic acids is 1. The zero-order valence-corrected chi connectivity index (χ0v) is 16.4. The van der Waals surface area contributed by atoms with Gasteiger partial charge in [0.25, 0.3) is 0 Å². The maximum atomic E-state index is 12.9. The van der Waals surface area contributed by atoms with E-state index in [1.165, 1.54) is 19.1 Å². The van der Waals surface area contributed by atoms with Crippen molar-refractivity contribution in [1.82, 2.24) is 9.62 Å². The average molecular weight is 395 g/mol. The Morgan fingerprint density at radius 2 is 2.11 bits per heavy atom. The Morgan fingerprint density at radius 3 is 2.89 bits per heavy atom. The fourth-order valence-electron chi connectivity index (χ4n) is 4.10. The molecule has 1 aromatic carbocycles. The summed E-state index contributed by atoms with van der Waals surface area (Å²) < 4.78 is 39.9. The van der Waals surface area contributed by atoms with Crippen molar-refractivity contribution in [2.45, 2.75) is 43.4 Å². The number of rotatable bonds is 3. The lowest BCUT2D eigenvalue weighted by Gasteiger charge is -2.33. The molecule has 3 aliphatic heterocycles. The molecule has 1 N–H and O–H groups in total. The maximum absolute atomic E-state index is 12.9. The van der Waals surface area contributed by atoms with Gasteiger partial charge in [-0.25, -0.2) is 13.1 Å². The molecule has 0 bridgehead atoms. The quantitative estimate of drug-likeness (QED) is 0.805. The molecule has 0 aromatic heterocycles. The van der Waals surface area contributed by atoms with E-state index >= 15 is 0 Å². The van der Waals surface area contributed by atoms with Crippen molar-refractivity contribution >= 4 is 21.6 Å². The molecule has 3 heterocycles. The number of fused-ring (bicyclic) bond motifs is 2. The molecule has 1 amide bonds. The van der Waals surface area contributed by atoms with Gasteiger partial charge in [-0.3, -0.25) is 9.69 Å². The number of ether oxygens (including phenoxy) is 2. The molecule has 3 aliphatic rings. The van der Waals surface area contributed by atoms with Gasteiger partial charge in [0, 0.05) is 32.1 Å². The molecule has 9 heteroatoms. The first-order chi connectivity index (χ1) is 12.8. The van der Waals surface area contributed by atoms with Gasteiger partial charge in [-0.1, -0.05) is 0 Å². The minimum Gasteiger partial charge on any atom is -0.490 e. The predicted octanol–water partition coefficient (Wildman–Crippen LogP) is 0.572. The van der Waals surface area contributed by atoms with E-state index in [9.17, 15) is 13.2 Å². The molecule has 3 atom stereocenters. The number of hydrogen-bond acceptors (Lipinski definition) is 6. The molecular weight excluding hydrogens is 370 g/mol. The molecule has 0 spiro atoms. The lowest BCUT2D eigenvalue weighted by molar-refractivity contribution is -0.116. The van der Waals surface area contributed by atoms with Crippen LogP contribution in [0.4, 0.5) is 5.69 Å². The van der Waals surface area contributed by atoms with E-state index in [4.69, 9.17) is 9.47 Å². The van der Waals surface area contributed by atoms with Crippen LogP contribution in [0.1, 0.15) is 20.3 Å². The molecule has 0 aliphatic carbocycles. The molecule has 8 nitrogen and oxygen atoms in total. The Morgan fingerprint density at radius 1 is 1.30 bits per heavy atom. The summed E-state index contributed by atoms with van der Waals surface area (Å²) in [6, 6.07) is 4.78. The SMILES string of the molecule is CC(=O)N1CCOc2ccc(S(=O)(=O)N[C@H]3C[C@H]4CO[C@@H](C)CN4C3)cc21. The van der Waals surface area contributed by atoms with Crippen molar-refractivity contribution in [3.8, 4) is 5.75 Å². The average Bonchev–Trinajstić information content (AvgIpc) is 3.01. The highest BCUT2D eigenvalue weighted by atomic mass is 32.2. The van der Waals surface area contributed by atoms with Gasteiger partial charge in [-0.15, -0.1) is 0 Å². The van der Waals surface area contributed by atoms with Crippen LogP contribution in [0.5, 0.6) is 5.75 Å². The molecule has 2 saturated heterocycles. The van der Waals surface area contributed by atoms with Crippen LogP contribution in [0.3, 0.4) is 0 Å². The van der Waals surface area contributed by atoms with Crippen LogP contribution >= 0.6 is 0 Å². The van der Waals surface area contributed by atoms with Crippen LogP contribution in [0.15, 0.2) is 23.1 Å². The Labute approximate surface area is 159 Å². The van der Waals surface area contributed by atoms with Crippen molar-refractivity contribution < 1.29 is 22.7 Å². The predicted molar refractivity (Wildman–Crippen MR) is 99.5 cm³/mol. The lowest BCUT2D eigenvalue weighted by atomic mass is 10.2. The Kier molecular flexibility index (Phi) is 4.87. The van der Waals surface area contributed by atoms with Crippen LogP contribution in [0, 0.1) is 0 Å². The van der Waals surface area contributed by atoms with E-state index < -0.39 is 10.0 Å². The lowest BCUT2D eigenvalue weighted by Crippen LogP contribution is -2.45. The van der Waals surface area contributed by atoms with Crippen molar-refractivity contribution in [1.29, 1.82) is 0 Å². The number of hydrogen-bond donors (Lipinski definition) is 1. The highest BCUT2D eigenvalue weighted by Gasteiger charge is 2.38. The Hall–Kier alpha value is -1.68. The molecule has 4 rings (SSSR count). The van der Waals surface area contributed by atoms with Gasteiger partial charge in [0.1, 0.15) is 12.4 Å². The van der Waals surface area contributed by atoms with Gasteiger partial charge < -0.3 is 14.4 Å². The zero-order chi connectivity index (χ0) is 19.2. The summed E-state index contributed by atoms with van der Waals surface area (Å²) in [5.74, 6) is 0.392. The van der Waals surface area contributed by atoms with Crippen LogP contribution in [-0.4, -0.2) is 70.3 Å². The third kappa shape index (κ3) is 3.69. The van der Waals surface area contributed by atoms with E-state index in [1.54, 1.807) is 11.0 Å². The summed E-state index contributed by atoms with van der Waals surface area (Å²) in [5, 5.41) is 0. The summed E-state index contributed by atoms with van der Waals surface area (Å²) in [6.07, 6.45) is 0.911. The smallest absolute Gasteiger partial charge is 0.240 e. The zero-order valence-electron chi connectivity index (χ0n) is 15.6. The Bertz CT molecular complexity index is 843. The van der Waals surface area contributed by atoms with Crippen molar-refractivity contribution in [2.24, 2.45) is 0 Å². The normalized spacial score (nSPS) is 28.4. The fraction of sp³-hybridized carbons (Fsp3) is 0.611. The maximum Gasteiger partial charge on any atom is 0.240 e. The summed E-state index contributed by atoms with van der Waals surface area (Å²) in [4.78, 5) is 15.8. The Balaban J connectivity index is 1.53. The third-order valence-corrected chi connectivity index (χ3v) is 6.92. The number of amides is 1. The number of sulfonamides is 1. The van der Waals surface area contributed by atoms with E-state index in [0.717, 1.165) is 13.0 Å². The van der Waals surface area contributed by atoms with Crippen molar-refractivity contribution in [3.05, 3.63) is 18.2 Å².